The summed E-state index contributed by atoms with van der Waals surface area (Å²) in [6.07, 6.45) is -3.57. The third kappa shape index (κ3) is 4.59. The lowest BCUT2D eigenvalue weighted by Gasteiger charge is -2.65. The minimum Gasteiger partial charge on any atom is -0.508 e. The first kappa shape index (κ1) is 33.5. The predicted octanol–water partition coefficient (Wildman–Crippen LogP) is 3.39. The highest BCUT2D eigenvalue weighted by atomic mass is 19.4. The number of amides is 1. The third-order valence-electron chi connectivity index (χ3n) is 12.2. The number of hydrogen-bond acceptors (Lipinski definition) is 9. The second-order valence-electron chi connectivity index (χ2n) is 15.0. The third-order valence-corrected chi connectivity index (χ3v) is 12.2. The zero-order valence-electron chi connectivity index (χ0n) is 27.0. The molecule has 7 N–H and O–H groups in total. The number of nitrogens with zero attached hydrogens (tertiary/aromatic N) is 1. The normalized spacial score (nSPS) is 34.6. The van der Waals surface area contributed by atoms with Gasteiger partial charge in [0.1, 0.15) is 22.8 Å². The summed E-state index contributed by atoms with van der Waals surface area (Å²) in [5, 5.41) is 48.3. The van der Waals surface area contributed by atoms with Crippen LogP contribution in [-0.4, -0.2) is 75.1 Å². The number of rotatable bonds is 6. The van der Waals surface area contributed by atoms with Gasteiger partial charge in [-0.3, -0.25) is 19.3 Å². The van der Waals surface area contributed by atoms with Crippen LogP contribution in [0.15, 0.2) is 23.0 Å². The van der Waals surface area contributed by atoms with E-state index >= 15 is 0 Å². The van der Waals surface area contributed by atoms with Gasteiger partial charge in [0.2, 0.25) is 5.78 Å². The van der Waals surface area contributed by atoms with Crippen LogP contribution in [0.2, 0.25) is 0 Å². The number of likely N-dealkylation sites (N-methyl/N-ethyl adjacent to an activating group) is 1. The lowest BCUT2D eigenvalue weighted by atomic mass is 9.40. The molecule has 0 aromatic heterocycles. The van der Waals surface area contributed by atoms with Crippen molar-refractivity contribution in [2.75, 3.05) is 20.6 Å². The molecule has 13 heteroatoms. The molecule has 1 amide bonds. The summed E-state index contributed by atoms with van der Waals surface area (Å²) in [6.45, 7) is 7.06. The molecule has 8 atom stereocenters. The molecule has 1 aromatic rings. The number of halogens is 3. The van der Waals surface area contributed by atoms with Crippen molar-refractivity contribution in [3.63, 3.8) is 0 Å². The van der Waals surface area contributed by atoms with Gasteiger partial charge in [0.25, 0.3) is 5.91 Å². The molecule has 2 bridgehead atoms. The Morgan fingerprint density at radius 1 is 1.13 bits per heavy atom. The first-order valence-electron chi connectivity index (χ1n) is 16.1. The maximum atomic E-state index is 14.9. The van der Waals surface area contributed by atoms with Gasteiger partial charge >= 0.3 is 6.18 Å². The van der Waals surface area contributed by atoms with Crippen LogP contribution in [0.5, 0.6) is 5.75 Å². The number of Topliss-reactive ketones (excluding diaryl/α,β-unsaturated/α-hetero) is 2. The Morgan fingerprint density at radius 3 is 2.34 bits per heavy atom. The van der Waals surface area contributed by atoms with Gasteiger partial charge in [0.05, 0.1) is 17.2 Å². The van der Waals surface area contributed by atoms with Gasteiger partial charge in [-0.2, -0.15) is 13.2 Å². The van der Waals surface area contributed by atoms with Gasteiger partial charge in [-0.05, 0) is 98.5 Å². The molecule has 10 nitrogen and oxygen atoms in total. The van der Waals surface area contributed by atoms with Crippen LogP contribution >= 0.6 is 0 Å². The van der Waals surface area contributed by atoms with Crippen molar-refractivity contribution in [1.29, 1.82) is 0 Å². The molecule has 4 saturated carbocycles. The van der Waals surface area contributed by atoms with E-state index in [1.54, 1.807) is 0 Å². The van der Waals surface area contributed by atoms with E-state index in [1.165, 1.54) is 19.0 Å². The lowest BCUT2D eigenvalue weighted by molar-refractivity contribution is -0.160. The van der Waals surface area contributed by atoms with Gasteiger partial charge in [-0.1, -0.05) is 20.8 Å². The SMILES string of the molecule is C[C@@H]1C2CC[C@H](CNCc3cc(O)c4c(c3C(F)(F)F)C[C@H]3C[C@H]5[C@H](N(C)C)C(=O)C(C(N)=O)=C(O)[C@@]5(O)C(=O)C3=C4O)C1C2(C)C. The van der Waals surface area contributed by atoms with E-state index in [0.29, 0.717) is 30.2 Å². The number of carbonyl (C=O) groups is 3. The Kier molecular flexibility index (Phi) is 7.69. The molecule has 6 aliphatic rings. The van der Waals surface area contributed by atoms with Crippen molar-refractivity contribution in [3.8, 4) is 5.75 Å². The number of aromatic hydroxyl groups is 1. The summed E-state index contributed by atoms with van der Waals surface area (Å²) in [5.74, 6) is -7.02. The predicted molar refractivity (Wildman–Crippen MR) is 164 cm³/mol. The summed E-state index contributed by atoms with van der Waals surface area (Å²) in [5.41, 5.74) is -1.04. The summed E-state index contributed by atoms with van der Waals surface area (Å²) in [6, 6.07) is -0.398. The number of nitrogens with one attached hydrogen (secondary N) is 1. The molecular weight excluding hydrogens is 619 g/mol. The lowest BCUT2D eigenvalue weighted by Crippen LogP contribution is -2.65. The number of nitrogens with two attached hydrogens (primary N) is 1. The topological polar surface area (TPSA) is 173 Å². The van der Waals surface area contributed by atoms with Crippen molar-refractivity contribution in [2.45, 2.75) is 70.8 Å². The number of alkyl halides is 3. The van der Waals surface area contributed by atoms with Crippen LogP contribution in [0.25, 0.3) is 5.76 Å². The molecule has 0 aliphatic heterocycles. The molecule has 47 heavy (non-hydrogen) atoms. The van der Waals surface area contributed by atoms with Crippen molar-refractivity contribution in [3.05, 3.63) is 45.2 Å². The van der Waals surface area contributed by atoms with Gasteiger partial charge < -0.3 is 31.5 Å². The zero-order valence-corrected chi connectivity index (χ0v) is 27.0. The van der Waals surface area contributed by atoms with Crippen LogP contribution in [0.4, 0.5) is 13.2 Å². The largest absolute Gasteiger partial charge is 0.508 e. The van der Waals surface area contributed by atoms with Crippen LogP contribution in [0, 0.1) is 40.9 Å². The number of primary amides is 1. The van der Waals surface area contributed by atoms with E-state index < -0.39 is 98.7 Å². The van der Waals surface area contributed by atoms with E-state index in [-0.39, 0.29) is 23.9 Å². The van der Waals surface area contributed by atoms with E-state index in [1.807, 2.05) is 0 Å². The Labute approximate surface area is 270 Å². The number of hydrogen-bond donors (Lipinski definition) is 6. The number of aliphatic hydroxyl groups is 3. The summed E-state index contributed by atoms with van der Waals surface area (Å²) < 4.78 is 44.6. The summed E-state index contributed by atoms with van der Waals surface area (Å²) >= 11 is 0. The minimum absolute atomic E-state index is 0.179. The molecule has 4 fully saturated rings. The van der Waals surface area contributed by atoms with E-state index in [4.69, 9.17) is 5.73 Å². The summed E-state index contributed by atoms with van der Waals surface area (Å²) in [4.78, 5) is 40.7. The number of phenolic OH excluding ortho intramolecular Hbond substituents is 1. The fourth-order valence-corrected chi connectivity index (χ4v) is 10.5. The average molecular weight is 662 g/mol. The van der Waals surface area contributed by atoms with Crippen molar-refractivity contribution in [2.24, 2.45) is 46.7 Å². The van der Waals surface area contributed by atoms with Crippen LogP contribution < -0.4 is 11.1 Å². The number of ketones is 2. The van der Waals surface area contributed by atoms with Gasteiger partial charge in [-0.25, -0.2) is 0 Å². The quantitative estimate of drug-likeness (QED) is 0.250. The van der Waals surface area contributed by atoms with Crippen LogP contribution in [0.3, 0.4) is 0 Å². The fourth-order valence-electron chi connectivity index (χ4n) is 10.5. The molecule has 2 unspecified atom stereocenters. The zero-order chi connectivity index (χ0) is 34.7. The van der Waals surface area contributed by atoms with Crippen LogP contribution in [0.1, 0.15) is 62.3 Å². The smallest absolute Gasteiger partial charge is 0.417 e. The Balaban J connectivity index is 1.40. The maximum Gasteiger partial charge on any atom is 0.417 e. The molecule has 1 aromatic carbocycles. The molecule has 0 heterocycles. The number of aliphatic hydroxyl groups excluding tert-OH is 2. The van der Waals surface area contributed by atoms with E-state index in [0.717, 1.165) is 18.9 Å². The Hall–Kier alpha value is -3.42. The van der Waals surface area contributed by atoms with Crippen molar-refractivity contribution in [1.82, 2.24) is 10.2 Å². The standard InChI is InChI=1S/C34H42F3N3O7/c1-13-18-7-6-14(24(13)32(18,2)3)11-39-12-16-10-20(41)22-17(25(16)34(35,36)37)8-15-9-19-26(40(4)5)28(43)23(31(38)46)30(45)33(19,47)29(44)21(15)27(22)42/h10,13-15,18-19,24,26,39,41-42,45,47H,6-9,11-12H2,1-5H3,(H2,38,46)/t13-,14-,15+,18?,19+,24?,26+,33+/m1/s1. The highest BCUT2D eigenvalue weighted by Gasteiger charge is 2.64. The van der Waals surface area contributed by atoms with Crippen molar-refractivity contribution >= 4 is 23.2 Å². The minimum atomic E-state index is -4.89. The maximum absolute atomic E-state index is 14.9. The Morgan fingerprint density at radius 2 is 1.79 bits per heavy atom. The summed E-state index contributed by atoms with van der Waals surface area (Å²) in [7, 11) is 2.90. The van der Waals surface area contributed by atoms with E-state index in [2.05, 4.69) is 26.1 Å². The molecule has 0 spiro atoms. The molecule has 6 aliphatic carbocycles. The van der Waals surface area contributed by atoms with Gasteiger partial charge in [-0.15, -0.1) is 0 Å². The number of fused-ring (bicyclic) bond motifs is 5. The van der Waals surface area contributed by atoms with Crippen molar-refractivity contribution < 1.29 is 48.0 Å². The average Bonchev–Trinajstić information content (AvgIpc) is 2.93. The second kappa shape index (κ2) is 10.8. The van der Waals surface area contributed by atoms with Crippen LogP contribution in [-0.2, 0) is 33.5 Å². The molecule has 7 rings (SSSR count). The monoisotopic (exact) mass is 661 g/mol. The number of carbonyl (C=O) groups excluding carboxylic acids is 3. The first-order chi connectivity index (χ1) is 21.8. The van der Waals surface area contributed by atoms with Gasteiger partial charge in [0.15, 0.2) is 11.4 Å². The molecule has 0 radical (unpaired) electrons. The van der Waals surface area contributed by atoms with Gasteiger partial charge in [0, 0.05) is 18.0 Å². The highest BCUT2D eigenvalue weighted by Crippen LogP contribution is 2.64. The highest BCUT2D eigenvalue weighted by molar-refractivity contribution is 6.24. The Bertz CT molecular complexity index is 1650. The number of benzene rings is 1. The number of phenols is 1. The molecule has 256 valence electrons. The molecular formula is C34H42F3N3O7. The molecule has 0 saturated heterocycles. The second-order valence-corrected chi connectivity index (χ2v) is 15.0. The first-order valence-corrected chi connectivity index (χ1v) is 16.1. The van der Waals surface area contributed by atoms with E-state index in [9.17, 15) is 48.0 Å². The fraction of sp³-hybridized carbons (Fsp3) is 0.618.